The molecule has 0 spiro atoms. The van der Waals surface area contributed by atoms with Crippen molar-refractivity contribution in [3.8, 4) is 0 Å². The van der Waals surface area contributed by atoms with Crippen LogP contribution in [0.3, 0.4) is 0 Å². The number of H-pyrrole nitrogens is 1. The second-order valence-corrected chi connectivity index (χ2v) is 6.02. The molecule has 0 aliphatic heterocycles. The van der Waals surface area contributed by atoms with E-state index in [1.54, 1.807) is 32.0 Å². The number of hydrogen-bond donors (Lipinski definition) is 2. The molecule has 0 aliphatic rings. The monoisotopic (exact) mass is 346 g/mol. The first-order chi connectivity index (χ1) is 11.8. The van der Waals surface area contributed by atoms with Crippen LogP contribution in [-0.4, -0.2) is 27.5 Å². The van der Waals surface area contributed by atoms with Crippen molar-refractivity contribution in [3.63, 3.8) is 0 Å². The van der Waals surface area contributed by atoms with Crippen molar-refractivity contribution in [1.29, 1.82) is 0 Å². The molecular weight excluding hydrogens is 326 g/mol. The molecule has 134 valence electrons. The number of aromatic amines is 1. The highest BCUT2D eigenvalue weighted by molar-refractivity contribution is 5.85. The van der Waals surface area contributed by atoms with Gasteiger partial charge < -0.3 is 20.2 Å². The topological polar surface area (TPSA) is 124 Å². The zero-order valence-electron chi connectivity index (χ0n) is 14.2. The van der Waals surface area contributed by atoms with Crippen molar-refractivity contribution in [2.75, 3.05) is 0 Å². The Hall–Kier alpha value is -2.90. The lowest BCUT2D eigenvalue weighted by molar-refractivity contribution is -0.309. The Balaban J connectivity index is 2.40. The Morgan fingerprint density at radius 2 is 1.88 bits per heavy atom. The third-order valence-electron chi connectivity index (χ3n) is 4.37. The highest BCUT2D eigenvalue weighted by Gasteiger charge is 2.25. The summed E-state index contributed by atoms with van der Waals surface area (Å²) in [6.45, 7) is 4.82. The highest BCUT2D eigenvalue weighted by Crippen LogP contribution is 2.10. The van der Waals surface area contributed by atoms with Gasteiger partial charge in [0, 0.05) is 0 Å². The molecule has 0 radical (unpaired) electrons. The average Bonchev–Trinajstić information content (AvgIpc) is 2.58. The number of amides is 1. The summed E-state index contributed by atoms with van der Waals surface area (Å²) in [6.07, 6.45) is 0.518. The normalized spacial score (nSPS) is 14.7. The van der Waals surface area contributed by atoms with Crippen molar-refractivity contribution < 1.29 is 14.7 Å². The standard InChI is InChI=1S/C17H21N3O5/c1-4-9(2)13(16(23)24)19-14(21)10(3)20-15(22)11-7-5-6-8-12(11)18-17(20)25/h5-10,13H,4H2,1-3H3,(H,18,25)(H,19,21)(H,23,24)/p-1/t9-,10+,13+/m1/s1. The Kier molecular flexibility index (Phi) is 5.41. The van der Waals surface area contributed by atoms with E-state index in [9.17, 15) is 24.3 Å². The van der Waals surface area contributed by atoms with E-state index in [0.29, 0.717) is 11.9 Å². The van der Waals surface area contributed by atoms with Gasteiger partial charge in [-0.2, -0.15) is 0 Å². The van der Waals surface area contributed by atoms with Gasteiger partial charge in [0.2, 0.25) is 5.91 Å². The summed E-state index contributed by atoms with van der Waals surface area (Å²) in [5.74, 6) is -2.50. The highest BCUT2D eigenvalue weighted by atomic mass is 16.4. The van der Waals surface area contributed by atoms with Crippen LogP contribution in [0, 0.1) is 5.92 Å². The van der Waals surface area contributed by atoms with E-state index in [1.165, 1.54) is 13.0 Å². The Labute approximate surface area is 143 Å². The molecule has 0 fully saturated rings. The maximum atomic E-state index is 12.5. The predicted molar refractivity (Wildman–Crippen MR) is 89.9 cm³/mol. The number of aliphatic carboxylic acids is 1. The molecule has 2 aromatic rings. The number of para-hydroxylation sites is 1. The number of hydrogen-bond acceptors (Lipinski definition) is 5. The molecule has 0 saturated carbocycles. The number of carbonyl (C=O) groups excluding carboxylic acids is 2. The van der Waals surface area contributed by atoms with E-state index in [1.807, 2.05) is 0 Å². The molecule has 8 nitrogen and oxygen atoms in total. The lowest BCUT2D eigenvalue weighted by Crippen LogP contribution is -2.54. The molecule has 0 bridgehead atoms. The minimum Gasteiger partial charge on any atom is -0.548 e. The molecule has 0 aliphatic carbocycles. The molecule has 1 aromatic carbocycles. The fourth-order valence-electron chi connectivity index (χ4n) is 2.59. The summed E-state index contributed by atoms with van der Waals surface area (Å²) in [5.41, 5.74) is -0.982. The molecule has 1 aromatic heterocycles. The van der Waals surface area contributed by atoms with E-state index in [4.69, 9.17) is 0 Å². The zero-order valence-corrected chi connectivity index (χ0v) is 14.2. The summed E-state index contributed by atoms with van der Waals surface area (Å²) in [5, 5.41) is 13.9. The maximum Gasteiger partial charge on any atom is 0.329 e. The van der Waals surface area contributed by atoms with Gasteiger partial charge in [-0.15, -0.1) is 0 Å². The summed E-state index contributed by atoms with van der Waals surface area (Å²) in [6, 6.07) is 4.07. The number of nitrogens with zero attached hydrogens (tertiary/aromatic N) is 1. The molecule has 2 N–H and O–H groups in total. The van der Waals surface area contributed by atoms with Crippen LogP contribution in [0.2, 0.25) is 0 Å². The Morgan fingerprint density at radius 1 is 1.24 bits per heavy atom. The van der Waals surface area contributed by atoms with Gasteiger partial charge >= 0.3 is 5.69 Å². The van der Waals surface area contributed by atoms with E-state index < -0.39 is 35.2 Å². The molecule has 3 atom stereocenters. The lowest BCUT2D eigenvalue weighted by Gasteiger charge is -2.26. The summed E-state index contributed by atoms with van der Waals surface area (Å²) >= 11 is 0. The third-order valence-corrected chi connectivity index (χ3v) is 4.37. The Morgan fingerprint density at radius 3 is 2.48 bits per heavy atom. The van der Waals surface area contributed by atoms with Crippen LogP contribution in [0.25, 0.3) is 10.9 Å². The van der Waals surface area contributed by atoms with Crippen LogP contribution in [0.15, 0.2) is 33.9 Å². The van der Waals surface area contributed by atoms with E-state index in [-0.39, 0.29) is 11.3 Å². The number of carboxylic acids is 1. The summed E-state index contributed by atoms with van der Waals surface area (Å²) in [4.78, 5) is 50.9. The van der Waals surface area contributed by atoms with E-state index >= 15 is 0 Å². The van der Waals surface area contributed by atoms with Crippen molar-refractivity contribution in [2.45, 2.75) is 39.3 Å². The number of nitrogens with one attached hydrogen (secondary N) is 2. The second-order valence-electron chi connectivity index (χ2n) is 6.02. The molecule has 1 heterocycles. The Bertz CT molecular complexity index is 914. The van der Waals surface area contributed by atoms with Gasteiger partial charge in [0.15, 0.2) is 0 Å². The van der Waals surface area contributed by atoms with Crippen LogP contribution in [0.1, 0.15) is 33.2 Å². The number of aromatic nitrogens is 2. The van der Waals surface area contributed by atoms with Crippen molar-refractivity contribution in [2.24, 2.45) is 5.92 Å². The number of carbonyl (C=O) groups is 2. The van der Waals surface area contributed by atoms with Gasteiger partial charge in [-0.25, -0.2) is 9.36 Å². The zero-order chi connectivity index (χ0) is 18.7. The molecule has 2 rings (SSSR count). The third kappa shape index (κ3) is 3.62. The van der Waals surface area contributed by atoms with Crippen molar-refractivity contribution >= 4 is 22.8 Å². The van der Waals surface area contributed by atoms with Crippen molar-refractivity contribution in [1.82, 2.24) is 14.9 Å². The molecular formula is C17H20N3O5-. The summed E-state index contributed by atoms with van der Waals surface area (Å²) < 4.78 is 0.778. The van der Waals surface area contributed by atoms with Gasteiger partial charge in [-0.1, -0.05) is 32.4 Å². The van der Waals surface area contributed by atoms with Gasteiger partial charge in [-0.05, 0) is 25.0 Å². The number of carboxylic acid groups (broad SMARTS) is 1. The summed E-state index contributed by atoms with van der Waals surface area (Å²) in [7, 11) is 0. The minimum atomic E-state index is -1.41. The first kappa shape index (κ1) is 18.4. The van der Waals surface area contributed by atoms with Gasteiger partial charge in [0.25, 0.3) is 5.56 Å². The van der Waals surface area contributed by atoms with Crippen LogP contribution >= 0.6 is 0 Å². The molecule has 0 unspecified atom stereocenters. The minimum absolute atomic E-state index is 0.264. The van der Waals surface area contributed by atoms with Gasteiger partial charge in [-0.3, -0.25) is 9.59 Å². The largest absolute Gasteiger partial charge is 0.548 e. The predicted octanol–water partition coefficient (Wildman–Crippen LogP) is -0.468. The lowest BCUT2D eigenvalue weighted by atomic mass is 9.99. The van der Waals surface area contributed by atoms with Gasteiger partial charge in [0.1, 0.15) is 6.04 Å². The number of rotatable bonds is 6. The molecule has 0 saturated heterocycles. The number of benzene rings is 1. The maximum absolute atomic E-state index is 12.5. The van der Waals surface area contributed by atoms with Crippen LogP contribution in [0.5, 0.6) is 0 Å². The number of fused-ring (bicyclic) bond motifs is 1. The molecule has 1 amide bonds. The van der Waals surface area contributed by atoms with Gasteiger partial charge in [0.05, 0.1) is 22.9 Å². The van der Waals surface area contributed by atoms with E-state index in [0.717, 1.165) is 4.57 Å². The SMILES string of the molecule is CC[C@@H](C)[C@H](NC(=O)[C@H](C)n1c(=O)[nH]c2ccccc2c1=O)C(=O)[O-]. The first-order valence-electron chi connectivity index (χ1n) is 8.02. The second kappa shape index (κ2) is 7.33. The van der Waals surface area contributed by atoms with E-state index in [2.05, 4.69) is 10.3 Å². The fourth-order valence-corrected chi connectivity index (χ4v) is 2.59. The quantitative estimate of drug-likeness (QED) is 0.732. The van der Waals surface area contributed by atoms with Crippen molar-refractivity contribution in [3.05, 3.63) is 45.1 Å². The van der Waals surface area contributed by atoms with Crippen LogP contribution in [-0.2, 0) is 9.59 Å². The molecule has 8 heteroatoms. The fraction of sp³-hybridized carbons (Fsp3) is 0.412. The van der Waals surface area contributed by atoms with Crippen LogP contribution < -0.4 is 21.7 Å². The first-order valence-corrected chi connectivity index (χ1v) is 8.02. The smallest absolute Gasteiger partial charge is 0.329 e. The molecule has 25 heavy (non-hydrogen) atoms. The van der Waals surface area contributed by atoms with Crippen LogP contribution in [0.4, 0.5) is 0 Å². The average molecular weight is 346 g/mol.